The number of carbonyl (C=O) groups excluding carboxylic acids is 1. The molecule has 1 aromatic heterocycles. The van der Waals surface area contributed by atoms with Crippen LogP contribution in [0.5, 0.6) is 0 Å². The number of fused-ring (bicyclic) bond motifs is 1. The molecule has 2 nitrogen and oxygen atoms in total. The summed E-state index contributed by atoms with van der Waals surface area (Å²) in [5, 5.41) is 0.738. The Balaban J connectivity index is 2.03. The molecule has 0 aliphatic heterocycles. The second kappa shape index (κ2) is 7.74. The summed E-state index contributed by atoms with van der Waals surface area (Å²) in [6.07, 6.45) is -3.39. The van der Waals surface area contributed by atoms with Gasteiger partial charge in [-0.1, -0.05) is 65.7 Å². The van der Waals surface area contributed by atoms with E-state index in [2.05, 4.69) is 4.98 Å². The van der Waals surface area contributed by atoms with E-state index in [9.17, 15) is 18.0 Å². The minimum atomic E-state index is -4.57. The average Bonchev–Trinajstić information content (AvgIpc) is 2.73. The van der Waals surface area contributed by atoms with E-state index in [0.717, 1.165) is 6.07 Å². The molecule has 0 spiro atoms. The second-order valence-corrected chi connectivity index (χ2v) is 7.38. The van der Waals surface area contributed by atoms with Crippen LogP contribution in [0.3, 0.4) is 0 Å². The molecule has 4 rings (SSSR count). The van der Waals surface area contributed by atoms with Gasteiger partial charge < -0.3 is 0 Å². The number of ketones is 1. The van der Waals surface area contributed by atoms with Crippen LogP contribution < -0.4 is 0 Å². The Morgan fingerprint density at radius 2 is 1.60 bits per heavy atom. The third-order valence-corrected chi connectivity index (χ3v) is 5.43. The fourth-order valence-corrected chi connectivity index (χ4v) is 3.63. The first-order valence-corrected chi connectivity index (χ1v) is 9.57. The third kappa shape index (κ3) is 3.66. The highest BCUT2D eigenvalue weighted by atomic mass is 35.5. The van der Waals surface area contributed by atoms with Crippen molar-refractivity contribution in [1.29, 1.82) is 0 Å². The first-order valence-electron chi connectivity index (χ1n) is 8.81. The van der Waals surface area contributed by atoms with Gasteiger partial charge in [-0.05, 0) is 29.8 Å². The van der Waals surface area contributed by atoms with Crippen LogP contribution in [0.2, 0.25) is 10.0 Å². The van der Waals surface area contributed by atoms with Gasteiger partial charge in [0, 0.05) is 28.3 Å². The second-order valence-electron chi connectivity index (χ2n) is 6.57. The monoisotopic (exact) mass is 445 g/mol. The van der Waals surface area contributed by atoms with Gasteiger partial charge in [0.2, 0.25) is 0 Å². The number of nitrogens with zero attached hydrogens (tertiary/aromatic N) is 1. The fourth-order valence-electron chi connectivity index (χ4n) is 3.33. The van der Waals surface area contributed by atoms with E-state index in [1.807, 2.05) is 0 Å². The molecule has 0 N–H and O–H groups in total. The molecule has 0 fully saturated rings. The van der Waals surface area contributed by atoms with Gasteiger partial charge in [-0.3, -0.25) is 9.78 Å². The highest BCUT2D eigenvalue weighted by Gasteiger charge is 2.34. The lowest BCUT2D eigenvalue weighted by Crippen LogP contribution is -2.09. The Morgan fingerprint density at radius 3 is 2.27 bits per heavy atom. The van der Waals surface area contributed by atoms with E-state index >= 15 is 0 Å². The summed E-state index contributed by atoms with van der Waals surface area (Å²) in [4.78, 5) is 17.3. The molecule has 0 aliphatic carbocycles. The fraction of sp³-hybridized carbons (Fsp3) is 0.0435. The maximum Gasteiger partial charge on any atom is 0.418 e. The molecule has 0 unspecified atom stereocenters. The summed E-state index contributed by atoms with van der Waals surface area (Å²) in [5.74, 6) is -0.417. The van der Waals surface area contributed by atoms with Gasteiger partial charge in [0.1, 0.15) is 0 Å². The third-order valence-electron chi connectivity index (χ3n) is 4.69. The summed E-state index contributed by atoms with van der Waals surface area (Å²) in [6.45, 7) is 0. The first-order chi connectivity index (χ1) is 14.3. The summed E-state index contributed by atoms with van der Waals surface area (Å²) in [6, 6.07) is 17.0. The van der Waals surface area contributed by atoms with Crippen molar-refractivity contribution in [3.8, 4) is 11.1 Å². The Bertz CT molecular complexity index is 1270. The maximum atomic E-state index is 13.5. The lowest BCUT2D eigenvalue weighted by molar-refractivity contribution is -0.136. The Hall–Kier alpha value is -2.89. The van der Waals surface area contributed by atoms with Gasteiger partial charge >= 0.3 is 6.18 Å². The van der Waals surface area contributed by atoms with Crippen molar-refractivity contribution in [3.05, 3.63) is 99.7 Å². The summed E-state index contributed by atoms with van der Waals surface area (Å²) in [7, 11) is 0. The van der Waals surface area contributed by atoms with E-state index in [4.69, 9.17) is 23.2 Å². The highest BCUT2D eigenvalue weighted by Crippen LogP contribution is 2.39. The van der Waals surface area contributed by atoms with Crippen molar-refractivity contribution in [1.82, 2.24) is 4.98 Å². The van der Waals surface area contributed by atoms with Crippen LogP contribution in [0.4, 0.5) is 13.2 Å². The number of alkyl halides is 3. The molecule has 4 aromatic rings. The van der Waals surface area contributed by atoms with Crippen molar-refractivity contribution in [2.75, 3.05) is 0 Å². The van der Waals surface area contributed by atoms with Crippen LogP contribution in [0, 0.1) is 0 Å². The zero-order valence-electron chi connectivity index (χ0n) is 15.2. The summed E-state index contributed by atoms with van der Waals surface area (Å²) in [5.41, 5.74) is 0.344. The van der Waals surface area contributed by atoms with Gasteiger partial charge in [-0.25, -0.2) is 0 Å². The van der Waals surface area contributed by atoms with E-state index in [-0.39, 0.29) is 27.1 Å². The SMILES string of the molecule is O=C(c1ccc(Cl)c(Cl)c1)c1cnc2c(C(F)(F)F)cccc2c1-c1ccccc1. The standard InChI is InChI=1S/C23H12Cl2F3NO/c24-18-10-9-14(11-19(18)25)22(30)16-12-29-21-15(7-4-8-17(21)23(26,27)28)20(16)13-5-2-1-3-6-13/h1-12H. The minimum absolute atomic E-state index is 0.173. The Kier molecular flexibility index (Phi) is 5.26. The van der Waals surface area contributed by atoms with Crippen LogP contribution in [0.1, 0.15) is 21.5 Å². The first kappa shape index (κ1) is 20.4. The maximum absolute atomic E-state index is 13.5. The number of hydrogen-bond donors (Lipinski definition) is 0. The molecule has 7 heteroatoms. The lowest BCUT2D eigenvalue weighted by atomic mass is 9.91. The van der Waals surface area contributed by atoms with Crippen molar-refractivity contribution in [3.63, 3.8) is 0 Å². The molecule has 0 saturated heterocycles. The van der Waals surface area contributed by atoms with E-state index in [0.29, 0.717) is 16.1 Å². The molecule has 0 saturated carbocycles. The van der Waals surface area contributed by atoms with Crippen LogP contribution in [-0.2, 0) is 6.18 Å². The molecular weight excluding hydrogens is 434 g/mol. The zero-order chi connectivity index (χ0) is 21.5. The topological polar surface area (TPSA) is 30.0 Å². The van der Waals surface area contributed by atoms with Crippen LogP contribution >= 0.6 is 23.2 Å². The predicted octanol–water partition coefficient (Wildman–Crippen LogP) is 7.46. The molecule has 3 aromatic carbocycles. The number of aromatic nitrogens is 1. The summed E-state index contributed by atoms with van der Waals surface area (Å²) < 4.78 is 40.6. The van der Waals surface area contributed by atoms with Gasteiger partial charge in [-0.2, -0.15) is 13.2 Å². The molecule has 0 aliphatic rings. The number of benzene rings is 3. The quantitative estimate of drug-likeness (QED) is 0.306. The Labute approximate surface area is 179 Å². The Morgan fingerprint density at radius 1 is 0.867 bits per heavy atom. The van der Waals surface area contributed by atoms with E-state index in [1.165, 1.54) is 36.5 Å². The molecule has 0 atom stereocenters. The van der Waals surface area contributed by atoms with Crippen LogP contribution in [0.15, 0.2) is 72.9 Å². The predicted molar refractivity (Wildman–Crippen MR) is 112 cm³/mol. The van der Waals surface area contributed by atoms with Crippen molar-refractivity contribution in [2.45, 2.75) is 6.18 Å². The molecule has 0 amide bonds. The smallest absolute Gasteiger partial charge is 0.289 e. The number of carbonyl (C=O) groups is 1. The normalized spacial score (nSPS) is 11.6. The van der Waals surface area contributed by atoms with Crippen LogP contribution in [-0.4, -0.2) is 10.8 Å². The highest BCUT2D eigenvalue weighted by molar-refractivity contribution is 6.42. The van der Waals surface area contributed by atoms with Gasteiger partial charge in [0.05, 0.1) is 21.1 Å². The number of rotatable bonds is 3. The summed E-state index contributed by atoms with van der Waals surface area (Å²) >= 11 is 12.0. The van der Waals surface area contributed by atoms with Crippen molar-refractivity contribution >= 4 is 39.9 Å². The van der Waals surface area contributed by atoms with Crippen molar-refractivity contribution < 1.29 is 18.0 Å². The molecule has 0 bridgehead atoms. The van der Waals surface area contributed by atoms with Crippen LogP contribution in [0.25, 0.3) is 22.0 Å². The van der Waals surface area contributed by atoms with Gasteiger partial charge in [-0.15, -0.1) is 0 Å². The van der Waals surface area contributed by atoms with E-state index < -0.39 is 17.5 Å². The molecule has 0 radical (unpaired) electrons. The van der Waals surface area contributed by atoms with Crippen molar-refractivity contribution in [2.24, 2.45) is 0 Å². The average molecular weight is 446 g/mol. The van der Waals surface area contributed by atoms with Gasteiger partial charge in [0.15, 0.2) is 5.78 Å². The van der Waals surface area contributed by atoms with E-state index in [1.54, 1.807) is 30.3 Å². The minimum Gasteiger partial charge on any atom is -0.289 e. The van der Waals surface area contributed by atoms with Gasteiger partial charge in [0.25, 0.3) is 0 Å². The number of halogens is 5. The number of para-hydroxylation sites is 1. The zero-order valence-corrected chi connectivity index (χ0v) is 16.7. The lowest BCUT2D eigenvalue weighted by Gasteiger charge is -2.16. The molecule has 30 heavy (non-hydrogen) atoms. The molecule has 150 valence electrons. The number of pyridine rings is 1. The molecule has 1 heterocycles. The molecular formula is C23H12Cl2F3NO. The largest absolute Gasteiger partial charge is 0.418 e. The number of hydrogen-bond acceptors (Lipinski definition) is 2.